The second kappa shape index (κ2) is 4.60. The van der Waals surface area contributed by atoms with E-state index in [1.807, 2.05) is 0 Å². The first kappa shape index (κ1) is 10.4. The lowest BCUT2D eigenvalue weighted by molar-refractivity contribution is 0.139. The third kappa shape index (κ3) is 2.47. The van der Waals surface area contributed by atoms with Gasteiger partial charge in [-0.1, -0.05) is 6.92 Å². The van der Waals surface area contributed by atoms with Crippen molar-refractivity contribution >= 4 is 0 Å². The van der Waals surface area contributed by atoms with Gasteiger partial charge in [-0.25, -0.2) is 0 Å². The van der Waals surface area contributed by atoms with Gasteiger partial charge in [0.05, 0.1) is 0 Å². The minimum absolute atomic E-state index is 0.749. The fourth-order valence-corrected chi connectivity index (χ4v) is 2.45. The van der Waals surface area contributed by atoms with Gasteiger partial charge < -0.3 is 10.2 Å². The summed E-state index contributed by atoms with van der Waals surface area (Å²) in [5.74, 6) is 0.870. The monoisotopic (exact) mass is 197 g/mol. The highest BCUT2D eigenvalue weighted by Crippen LogP contribution is 2.15. The first-order chi connectivity index (χ1) is 6.75. The van der Waals surface area contributed by atoms with Gasteiger partial charge in [-0.15, -0.1) is 0 Å². The van der Waals surface area contributed by atoms with E-state index in [9.17, 15) is 0 Å². The fourth-order valence-electron chi connectivity index (χ4n) is 2.45. The lowest BCUT2D eigenvalue weighted by atomic mass is 10.0. The number of nitrogens with zero attached hydrogens (tertiary/aromatic N) is 2. The van der Waals surface area contributed by atoms with Crippen LogP contribution in [0.2, 0.25) is 0 Å². The minimum atomic E-state index is 0.749. The number of piperazine rings is 1. The van der Waals surface area contributed by atoms with Crippen LogP contribution in [0.25, 0.3) is 0 Å². The summed E-state index contributed by atoms with van der Waals surface area (Å²) in [6.45, 7) is 9.83. The molecule has 0 amide bonds. The van der Waals surface area contributed by atoms with Gasteiger partial charge >= 0.3 is 0 Å². The fraction of sp³-hybridized carbons (Fsp3) is 1.00. The van der Waals surface area contributed by atoms with E-state index >= 15 is 0 Å². The van der Waals surface area contributed by atoms with E-state index in [1.54, 1.807) is 0 Å². The number of nitrogens with one attached hydrogen (secondary N) is 1. The molecular weight excluding hydrogens is 174 g/mol. The molecule has 0 aromatic carbocycles. The van der Waals surface area contributed by atoms with Crippen LogP contribution < -0.4 is 5.32 Å². The van der Waals surface area contributed by atoms with E-state index in [4.69, 9.17) is 0 Å². The zero-order valence-corrected chi connectivity index (χ0v) is 9.50. The molecule has 2 aliphatic rings. The third-order valence-corrected chi connectivity index (χ3v) is 3.74. The number of rotatable bonds is 2. The molecule has 0 spiro atoms. The van der Waals surface area contributed by atoms with Crippen LogP contribution in [0, 0.1) is 5.92 Å². The van der Waals surface area contributed by atoms with E-state index in [1.165, 1.54) is 45.7 Å². The smallest absolute Gasteiger partial charge is 0.0221 e. The first-order valence-corrected chi connectivity index (χ1v) is 5.90. The van der Waals surface area contributed by atoms with E-state index < -0.39 is 0 Å². The molecular formula is C11H23N3. The molecule has 0 radical (unpaired) electrons. The normalized spacial score (nSPS) is 36.4. The average molecular weight is 197 g/mol. The van der Waals surface area contributed by atoms with Crippen LogP contribution in [0.1, 0.15) is 13.3 Å². The van der Waals surface area contributed by atoms with Gasteiger partial charge in [0.15, 0.2) is 0 Å². The molecule has 3 nitrogen and oxygen atoms in total. The van der Waals surface area contributed by atoms with Gasteiger partial charge in [0.2, 0.25) is 0 Å². The molecule has 2 aliphatic heterocycles. The minimum Gasteiger partial charge on any atom is -0.312 e. The van der Waals surface area contributed by atoms with Gasteiger partial charge in [-0.05, 0) is 25.9 Å². The summed E-state index contributed by atoms with van der Waals surface area (Å²) in [7, 11) is 2.22. The van der Waals surface area contributed by atoms with Gasteiger partial charge in [0.25, 0.3) is 0 Å². The molecule has 0 bridgehead atoms. The highest BCUT2D eigenvalue weighted by molar-refractivity contribution is 4.84. The molecule has 2 heterocycles. The predicted octanol–water partition coefficient (Wildman–Crippen LogP) is 0.232. The quantitative estimate of drug-likeness (QED) is 0.684. The van der Waals surface area contributed by atoms with Gasteiger partial charge in [0, 0.05) is 38.8 Å². The van der Waals surface area contributed by atoms with Crippen molar-refractivity contribution in [3.05, 3.63) is 0 Å². The molecule has 3 heteroatoms. The molecule has 14 heavy (non-hydrogen) atoms. The Morgan fingerprint density at radius 2 is 1.93 bits per heavy atom. The van der Waals surface area contributed by atoms with Crippen molar-refractivity contribution in [3.63, 3.8) is 0 Å². The summed E-state index contributed by atoms with van der Waals surface area (Å²) >= 11 is 0. The second-order valence-electron chi connectivity index (χ2n) is 4.93. The number of hydrogen-bond acceptors (Lipinski definition) is 3. The zero-order chi connectivity index (χ0) is 9.97. The predicted molar refractivity (Wildman–Crippen MR) is 59.5 cm³/mol. The van der Waals surface area contributed by atoms with Gasteiger partial charge in [-0.2, -0.15) is 0 Å². The van der Waals surface area contributed by atoms with Gasteiger partial charge in [0.1, 0.15) is 0 Å². The van der Waals surface area contributed by atoms with Gasteiger partial charge in [-0.3, -0.25) is 4.90 Å². The molecule has 2 atom stereocenters. The lowest BCUT2D eigenvalue weighted by Gasteiger charge is -2.34. The van der Waals surface area contributed by atoms with Crippen molar-refractivity contribution in [2.24, 2.45) is 5.92 Å². The first-order valence-electron chi connectivity index (χ1n) is 5.90. The van der Waals surface area contributed by atoms with Crippen LogP contribution in [0.5, 0.6) is 0 Å². The van der Waals surface area contributed by atoms with Crippen LogP contribution in [-0.4, -0.2) is 62.2 Å². The van der Waals surface area contributed by atoms with Crippen LogP contribution in [-0.2, 0) is 0 Å². The summed E-state index contributed by atoms with van der Waals surface area (Å²) in [5.41, 5.74) is 0. The van der Waals surface area contributed by atoms with Crippen LogP contribution in [0.3, 0.4) is 0 Å². The summed E-state index contributed by atoms with van der Waals surface area (Å²) in [6, 6.07) is 0.749. The summed E-state index contributed by atoms with van der Waals surface area (Å²) in [4.78, 5) is 5.03. The maximum atomic E-state index is 3.61. The summed E-state index contributed by atoms with van der Waals surface area (Å²) < 4.78 is 0. The Balaban J connectivity index is 1.74. The van der Waals surface area contributed by atoms with Crippen molar-refractivity contribution in [2.45, 2.75) is 19.4 Å². The van der Waals surface area contributed by atoms with E-state index in [2.05, 4.69) is 29.1 Å². The van der Waals surface area contributed by atoms with Crippen molar-refractivity contribution in [1.29, 1.82) is 0 Å². The summed E-state index contributed by atoms with van der Waals surface area (Å²) in [5, 5.41) is 3.61. The van der Waals surface area contributed by atoms with E-state index in [0.29, 0.717) is 0 Å². The van der Waals surface area contributed by atoms with Crippen LogP contribution in [0.15, 0.2) is 0 Å². The maximum Gasteiger partial charge on any atom is 0.0221 e. The molecule has 1 N–H and O–H groups in total. The van der Waals surface area contributed by atoms with Crippen molar-refractivity contribution in [3.8, 4) is 0 Å². The molecule has 2 fully saturated rings. The van der Waals surface area contributed by atoms with Crippen molar-refractivity contribution < 1.29 is 0 Å². The number of hydrogen-bond donors (Lipinski definition) is 1. The molecule has 0 aromatic rings. The molecule has 2 saturated heterocycles. The molecule has 0 saturated carbocycles. The highest BCUT2D eigenvalue weighted by Gasteiger charge is 2.25. The molecule has 2 rings (SSSR count). The Kier molecular flexibility index (Phi) is 3.42. The largest absolute Gasteiger partial charge is 0.312 e. The van der Waals surface area contributed by atoms with E-state index in [0.717, 1.165) is 12.0 Å². The topological polar surface area (TPSA) is 18.5 Å². The van der Waals surface area contributed by atoms with Crippen LogP contribution >= 0.6 is 0 Å². The molecule has 82 valence electrons. The Hall–Kier alpha value is -0.120. The molecule has 0 aliphatic carbocycles. The Bertz CT molecular complexity index is 175. The average Bonchev–Trinajstić information content (AvgIpc) is 2.56. The third-order valence-electron chi connectivity index (χ3n) is 3.74. The Morgan fingerprint density at radius 1 is 1.21 bits per heavy atom. The SMILES string of the molecule is CC1CCNC1CN1CCN(C)CC1. The maximum absolute atomic E-state index is 3.61. The highest BCUT2D eigenvalue weighted by atomic mass is 15.3. The zero-order valence-electron chi connectivity index (χ0n) is 9.50. The standard InChI is InChI=1S/C11H23N3/c1-10-3-4-12-11(10)9-14-7-5-13(2)6-8-14/h10-12H,3-9H2,1-2H3. The van der Waals surface area contributed by atoms with E-state index in [-0.39, 0.29) is 0 Å². The molecule has 0 aromatic heterocycles. The Labute approximate surface area is 87.4 Å². The summed E-state index contributed by atoms with van der Waals surface area (Å²) in [6.07, 6.45) is 1.36. The lowest BCUT2D eigenvalue weighted by Crippen LogP contribution is -2.49. The van der Waals surface area contributed by atoms with Crippen LogP contribution in [0.4, 0.5) is 0 Å². The Morgan fingerprint density at radius 3 is 2.50 bits per heavy atom. The van der Waals surface area contributed by atoms with Crippen molar-refractivity contribution in [1.82, 2.24) is 15.1 Å². The number of likely N-dealkylation sites (N-methyl/N-ethyl adjacent to an activating group) is 1. The second-order valence-corrected chi connectivity index (χ2v) is 4.93. The molecule has 2 unspecified atom stereocenters. The van der Waals surface area contributed by atoms with Crippen molar-refractivity contribution in [2.75, 3.05) is 46.3 Å².